The summed E-state index contributed by atoms with van der Waals surface area (Å²) >= 11 is 0. The predicted molar refractivity (Wildman–Crippen MR) is 64.4 cm³/mol. The van der Waals surface area contributed by atoms with E-state index in [0.29, 0.717) is 0 Å². The van der Waals surface area contributed by atoms with Crippen LogP contribution in [0.3, 0.4) is 0 Å². The zero-order valence-corrected chi connectivity index (χ0v) is 10.1. The molecule has 0 aromatic rings. The van der Waals surface area contributed by atoms with Crippen molar-refractivity contribution >= 4 is 12.2 Å². The number of primary amides is 1. The van der Waals surface area contributed by atoms with E-state index in [1.54, 1.807) is 13.0 Å². The molecule has 0 aromatic heterocycles. The summed E-state index contributed by atoms with van der Waals surface area (Å²) in [6.45, 7) is 1.62. The van der Waals surface area contributed by atoms with Crippen LogP contribution in [-0.4, -0.2) is 12.2 Å². The Kier molecular flexibility index (Phi) is 3.74. The molecule has 0 aromatic carbocycles. The fraction of sp³-hybridized carbons (Fsp3) is 0.364. The molecule has 2 atom stereocenters. The Morgan fingerprint density at radius 1 is 1.47 bits per heavy atom. The average molecular weight is 257 g/mol. The second-order valence-electron chi connectivity index (χ2n) is 4.04. The zero-order chi connectivity index (χ0) is 14.6. The van der Waals surface area contributed by atoms with Crippen LogP contribution in [0.25, 0.3) is 0 Å². The smallest absolute Gasteiger partial charge is 0.332 e. The highest BCUT2D eigenvalue weighted by atomic mass is 16.2. The number of nitrogens with zero attached hydrogens (tertiary/aromatic N) is 4. The van der Waals surface area contributed by atoms with Crippen molar-refractivity contribution in [2.24, 2.45) is 33.8 Å². The van der Waals surface area contributed by atoms with E-state index < -0.39 is 23.3 Å². The quantitative estimate of drug-likeness (QED) is 0.454. The largest absolute Gasteiger partial charge is 0.401 e. The highest BCUT2D eigenvalue weighted by molar-refractivity contribution is 5.75. The summed E-state index contributed by atoms with van der Waals surface area (Å²) in [6, 6.07) is 4.64. The van der Waals surface area contributed by atoms with Gasteiger partial charge in [-0.25, -0.2) is 10.2 Å². The fourth-order valence-corrected chi connectivity index (χ4v) is 2.04. The van der Waals surface area contributed by atoms with Crippen LogP contribution in [0.1, 0.15) is 6.92 Å². The molecule has 0 heterocycles. The first-order valence-corrected chi connectivity index (χ1v) is 5.26. The highest BCUT2D eigenvalue weighted by Gasteiger charge is 2.52. The number of nitrogens with one attached hydrogen (secondary N) is 1. The van der Waals surface area contributed by atoms with Gasteiger partial charge in [-0.1, -0.05) is 6.92 Å². The molecule has 5 N–H and O–H groups in total. The third-order valence-corrected chi connectivity index (χ3v) is 3.14. The maximum Gasteiger partial charge on any atom is 0.332 e. The van der Waals surface area contributed by atoms with Gasteiger partial charge in [-0.15, -0.1) is 0 Å². The summed E-state index contributed by atoms with van der Waals surface area (Å²) in [5, 5.41) is 31.0. The van der Waals surface area contributed by atoms with Crippen molar-refractivity contribution in [2.75, 3.05) is 0 Å². The Bertz CT molecular complexity index is 570. The number of hydrogen-bond acceptors (Lipinski definition) is 6. The molecule has 0 bridgehead atoms. The number of hydrogen-bond donors (Lipinski definition) is 3. The minimum atomic E-state index is -1.59. The summed E-state index contributed by atoms with van der Waals surface area (Å²) in [4.78, 5) is 10.5. The molecule has 8 nitrogen and oxygen atoms in total. The van der Waals surface area contributed by atoms with Gasteiger partial charge in [-0.3, -0.25) is 0 Å². The molecule has 0 spiro atoms. The van der Waals surface area contributed by atoms with Crippen LogP contribution >= 0.6 is 0 Å². The number of allylic oxidation sites excluding steroid dienone is 2. The molecule has 1 aliphatic carbocycles. The number of carbonyl (C=O) groups excluding carboxylic acids is 1. The highest BCUT2D eigenvalue weighted by Crippen LogP contribution is 2.47. The van der Waals surface area contributed by atoms with Gasteiger partial charge >= 0.3 is 6.03 Å². The van der Waals surface area contributed by atoms with Crippen molar-refractivity contribution < 1.29 is 4.79 Å². The van der Waals surface area contributed by atoms with Gasteiger partial charge in [0.1, 0.15) is 0 Å². The summed E-state index contributed by atoms with van der Waals surface area (Å²) in [5.41, 5.74) is 11.1. The van der Waals surface area contributed by atoms with Gasteiger partial charge in [-0.2, -0.15) is 20.9 Å². The topological polar surface area (TPSA) is 165 Å². The van der Waals surface area contributed by atoms with Crippen LogP contribution in [-0.2, 0) is 0 Å². The van der Waals surface area contributed by atoms with Crippen LogP contribution in [0.4, 0.5) is 4.79 Å². The number of hydrazone groups is 1. The van der Waals surface area contributed by atoms with Crippen LogP contribution in [0.15, 0.2) is 16.4 Å². The number of nitriles is 3. The van der Waals surface area contributed by atoms with Crippen LogP contribution in [0, 0.1) is 51.2 Å². The lowest BCUT2D eigenvalue weighted by Gasteiger charge is -2.20. The minimum absolute atomic E-state index is 0.0690. The Labute approximate surface area is 109 Å². The Balaban J connectivity index is 3.21. The second kappa shape index (κ2) is 5.07. The first kappa shape index (κ1) is 14.0. The monoisotopic (exact) mass is 257 g/mol. The normalized spacial score (nSPS) is 24.5. The molecule has 2 amide bonds. The predicted octanol–water partition coefficient (Wildman–Crippen LogP) is -0.324. The van der Waals surface area contributed by atoms with Gasteiger partial charge in [0.05, 0.1) is 23.8 Å². The molecular weight excluding hydrogens is 246 g/mol. The Hall–Kier alpha value is -3.05. The lowest BCUT2D eigenvalue weighted by Crippen LogP contribution is -2.29. The van der Waals surface area contributed by atoms with E-state index in [2.05, 4.69) is 5.10 Å². The molecule has 1 rings (SSSR count). The second-order valence-corrected chi connectivity index (χ2v) is 4.04. The molecule has 96 valence electrons. The number of rotatable bonds is 2. The van der Waals surface area contributed by atoms with Crippen molar-refractivity contribution in [1.82, 2.24) is 5.43 Å². The van der Waals surface area contributed by atoms with E-state index in [-0.39, 0.29) is 11.3 Å². The maximum absolute atomic E-state index is 10.5. The van der Waals surface area contributed by atoms with E-state index in [9.17, 15) is 15.3 Å². The number of carbonyl (C=O) groups is 1. The van der Waals surface area contributed by atoms with E-state index in [1.165, 1.54) is 6.21 Å². The van der Waals surface area contributed by atoms with E-state index in [1.807, 2.05) is 17.6 Å². The van der Waals surface area contributed by atoms with Crippen LogP contribution < -0.4 is 16.9 Å². The van der Waals surface area contributed by atoms with E-state index in [4.69, 9.17) is 16.7 Å². The molecule has 8 heteroatoms. The van der Waals surface area contributed by atoms with E-state index >= 15 is 0 Å². The maximum atomic E-state index is 10.5. The van der Waals surface area contributed by atoms with Crippen LogP contribution in [0.5, 0.6) is 0 Å². The molecule has 0 aliphatic heterocycles. The van der Waals surface area contributed by atoms with Crippen molar-refractivity contribution in [1.29, 1.82) is 15.8 Å². The summed E-state index contributed by atoms with van der Waals surface area (Å²) < 4.78 is 0. The van der Waals surface area contributed by atoms with Crippen molar-refractivity contribution in [3.8, 4) is 18.2 Å². The number of amides is 2. The van der Waals surface area contributed by atoms with Gasteiger partial charge in [0, 0.05) is 23.7 Å². The van der Waals surface area contributed by atoms with Crippen molar-refractivity contribution in [3.63, 3.8) is 0 Å². The number of nitrogens with two attached hydrogens (primary N) is 2. The van der Waals surface area contributed by atoms with Gasteiger partial charge in [0.25, 0.3) is 0 Å². The van der Waals surface area contributed by atoms with Gasteiger partial charge < -0.3 is 11.5 Å². The summed E-state index contributed by atoms with van der Waals surface area (Å²) in [6.07, 6.45) is 1.26. The SMILES string of the molecule is CC1C(C=NNC(N)=O)C(N)=C(C#N)C1(C#N)C#N. The third-order valence-electron chi connectivity index (χ3n) is 3.14. The molecular formula is C11H11N7O. The molecule has 0 fully saturated rings. The number of urea groups is 1. The molecule has 19 heavy (non-hydrogen) atoms. The van der Waals surface area contributed by atoms with Crippen molar-refractivity contribution in [3.05, 3.63) is 11.3 Å². The first-order chi connectivity index (χ1) is 8.94. The van der Waals surface area contributed by atoms with Gasteiger partial charge in [0.2, 0.25) is 0 Å². The van der Waals surface area contributed by atoms with E-state index in [0.717, 1.165) is 0 Å². The lowest BCUT2D eigenvalue weighted by molar-refractivity contribution is 0.249. The summed E-state index contributed by atoms with van der Waals surface area (Å²) in [7, 11) is 0. The minimum Gasteiger partial charge on any atom is -0.401 e. The lowest BCUT2D eigenvalue weighted by atomic mass is 9.75. The standard InChI is InChI=1S/C11H11N7O/c1-6-7(3-17-18-10(16)19)9(15)8(2-12)11(6,4-13)5-14/h3,6-7H,15H2,1H3,(H3,16,18,19). The molecule has 0 saturated heterocycles. The fourth-order valence-electron chi connectivity index (χ4n) is 2.04. The third kappa shape index (κ3) is 2.05. The molecule has 0 radical (unpaired) electrons. The van der Waals surface area contributed by atoms with Gasteiger partial charge in [0.15, 0.2) is 5.41 Å². The Morgan fingerprint density at radius 3 is 2.42 bits per heavy atom. The van der Waals surface area contributed by atoms with Gasteiger partial charge in [-0.05, 0) is 0 Å². The van der Waals surface area contributed by atoms with Crippen LogP contribution in [0.2, 0.25) is 0 Å². The Morgan fingerprint density at radius 2 is 2.05 bits per heavy atom. The molecule has 1 aliphatic rings. The molecule has 0 saturated carbocycles. The first-order valence-electron chi connectivity index (χ1n) is 5.26. The molecule has 2 unspecified atom stereocenters. The summed E-state index contributed by atoms with van der Waals surface area (Å²) in [5.74, 6) is -1.16. The average Bonchev–Trinajstić information content (AvgIpc) is 2.58. The van der Waals surface area contributed by atoms with Crippen molar-refractivity contribution in [2.45, 2.75) is 6.92 Å². The zero-order valence-electron chi connectivity index (χ0n) is 10.1.